The Morgan fingerprint density at radius 1 is 1.21 bits per heavy atom. The summed E-state index contributed by atoms with van der Waals surface area (Å²) < 4.78 is 71.2. The van der Waals surface area contributed by atoms with E-state index in [2.05, 4.69) is 20.2 Å². The molecule has 38 heavy (non-hydrogen) atoms. The van der Waals surface area contributed by atoms with Crippen LogP contribution in [-0.2, 0) is 16.0 Å². The van der Waals surface area contributed by atoms with E-state index in [0.29, 0.717) is 25.0 Å². The smallest absolute Gasteiger partial charge is 0.434 e. The molecule has 1 saturated heterocycles. The van der Waals surface area contributed by atoms with E-state index in [1.165, 1.54) is 6.07 Å². The lowest BCUT2D eigenvalue weighted by atomic mass is 9.99. The molecule has 204 valence electrons. The molecule has 11 nitrogen and oxygen atoms in total. The predicted molar refractivity (Wildman–Crippen MR) is 130 cm³/mol. The first-order valence-electron chi connectivity index (χ1n) is 11.5. The van der Waals surface area contributed by atoms with Gasteiger partial charge in [-0.1, -0.05) is 13.8 Å². The molecule has 1 aromatic carbocycles. The summed E-state index contributed by atoms with van der Waals surface area (Å²) in [5, 5.41) is 16.8. The van der Waals surface area contributed by atoms with Gasteiger partial charge in [-0.3, -0.25) is 0 Å². The van der Waals surface area contributed by atoms with E-state index in [9.17, 15) is 26.4 Å². The van der Waals surface area contributed by atoms with Crippen molar-refractivity contribution in [1.82, 2.24) is 20.2 Å². The van der Waals surface area contributed by atoms with Crippen LogP contribution in [0.1, 0.15) is 35.8 Å². The second kappa shape index (κ2) is 9.85. The lowest BCUT2D eigenvalue weighted by Crippen LogP contribution is -2.56. The maximum absolute atomic E-state index is 13.5. The summed E-state index contributed by atoms with van der Waals surface area (Å²) in [4.78, 5) is 22.4. The van der Waals surface area contributed by atoms with Crippen LogP contribution in [0.4, 0.5) is 24.8 Å². The van der Waals surface area contributed by atoms with Gasteiger partial charge < -0.3 is 19.3 Å². The van der Waals surface area contributed by atoms with Gasteiger partial charge >= 0.3 is 12.1 Å². The number of nitrogens with zero attached hydrogens (tertiary/aromatic N) is 6. The maximum atomic E-state index is 13.5. The zero-order valence-electron chi connectivity index (χ0n) is 20.9. The predicted octanol–water partition coefficient (Wildman–Crippen LogP) is 3.31. The lowest BCUT2D eigenvalue weighted by Gasteiger charge is -2.44. The number of sulfone groups is 1. The number of aromatic nitrogens is 4. The van der Waals surface area contributed by atoms with Crippen molar-refractivity contribution in [3.05, 3.63) is 41.5 Å². The molecule has 0 radical (unpaired) electrons. The van der Waals surface area contributed by atoms with Crippen LogP contribution in [-0.4, -0.2) is 71.6 Å². The molecule has 1 aliphatic heterocycles. The number of carboxylic acid groups (broad SMARTS) is 1. The molecule has 1 aliphatic rings. The Bertz CT molecular complexity index is 1470. The van der Waals surface area contributed by atoms with Crippen molar-refractivity contribution in [3.63, 3.8) is 0 Å². The molecule has 3 heterocycles. The van der Waals surface area contributed by atoms with Crippen LogP contribution in [0.15, 0.2) is 33.7 Å². The molecule has 1 fully saturated rings. The average Bonchev–Trinajstić information content (AvgIpc) is 3.27. The molecule has 4 rings (SSSR count). The summed E-state index contributed by atoms with van der Waals surface area (Å²) >= 11 is 0. The molecule has 1 N–H and O–H groups in total. The highest BCUT2D eigenvalue weighted by Crippen LogP contribution is 2.35. The molecule has 0 amide bonds. The van der Waals surface area contributed by atoms with Crippen molar-refractivity contribution in [2.24, 2.45) is 5.92 Å². The number of halogens is 3. The fourth-order valence-electron chi connectivity index (χ4n) is 4.34. The van der Waals surface area contributed by atoms with Crippen LogP contribution in [0.25, 0.3) is 11.5 Å². The van der Waals surface area contributed by atoms with Crippen molar-refractivity contribution in [2.45, 2.75) is 37.9 Å². The monoisotopic (exact) mass is 554 g/mol. The average molecular weight is 555 g/mol. The number of benzene rings is 1. The second-order valence-electron chi connectivity index (χ2n) is 9.26. The minimum absolute atomic E-state index is 0.00425. The number of carbonyl (C=O) groups is 1. The van der Waals surface area contributed by atoms with Crippen LogP contribution in [0.5, 0.6) is 0 Å². The van der Waals surface area contributed by atoms with E-state index < -0.39 is 33.2 Å². The Labute approximate surface area is 216 Å². The number of rotatable bonds is 6. The number of hydrogen-bond donors (Lipinski definition) is 1. The Kier molecular flexibility index (Phi) is 7.07. The second-order valence-corrected chi connectivity index (χ2v) is 11.2. The molecule has 0 aliphatic carbocycles. The summed E-state index contributed by atoms with van der Waals surface area (Å²) in [5.41, 5.74) is -1.67. The van der Waals surface area contributed by atoms with Gasteiger partial charge in [-0.2, -0.15) is 13.2 Å². The molecule has 3 aromatic rings. The van der Waals surface area contributed by atoms with E-state index in [0.717, 1.165) is 6.26 Å². The largest absolute Gasteiger partial charge is 0.478 e. The third kappa shape index (κ3) is 5.42. The zero-order chi connectivity index (χ0) is 28.0. The topological polar surface area (TPSA) is 143 Å². The number of piperazine rings is 1. The Morgan fingerprint density at radius 2 is 1.92 bits per heavy atom. The lowest BCUT2D eigenvalue weighted by molar-refractivity contribution is -0.141. The van der Waals surface area contributed by atoms with Crippen LogP contribution < -0.4 is 9.80 Å². The van der Waals surface area contributed by atoms with Crippen LogP contribution in [0.3, 0.4) is 0 Å². The molecule has 0 spiro atoms. The highest BCUT2D eigenvalue weighted by Gasteiger charge is 2.40. The van der Waals surface area contributed by atoms with Gasteiger partial charge in [0.15, 0.2) is 15.5 Å². The highest BCUT2D eigenvalue weighted by atomic mass is 32.2. The van der Waals surface area contributed by atoms with Crippen LogP contribution >= 0.6 is 0 Å². The van der Waals surface area contributed by atoms with Gasteiger partial charge in [0.25, 0.3) is 0 Å². The van der Waals surface area contributed by atoms with E-state index in [4.69, 9.17) is 9.52 Å². The van der Waals surface area contributed by atoms with Gasteiger partial charge in [-0.05, 0) is 24.1 Å². The molecular weight excluding hydrogens is 529 g/mol. The quantitative estimate of drug-likeness (QED) is 0.479. The zero-order valence-corrected chi connectivity index (χ0v) is 21.7. The normalized spacial score (nSPS) is 16.8. The van der Waals surface area contributed by atoms with Gasteiger partial charge in [0.1, 0.15) is 5.56 Å². The van der Waals surface area contributed by atoms with Gasteiger partial charge in [-0.25, -0.2) is 23.2 Å². The first-order chi connectivity index (χ1) is 17.7. The maximum Gasteiger partial charge on any atom is 0.434 e. The number of aromatic carboxylic acids is 1. The van der Waals surface area contributed by atoms with E-state index in [1.807, 2.05) is 18.7 Å². The fraction of sp³-hybridized carbons (Fsp3) is 0.435. The Hall–Kier alpha value is -3.75. The number of hydrogen-bond acceptors (Lipinski definition) is 10. The number of carboxylic acids is 1. The van der Waals surface area contributed by atoms with E-state index in [-0.39, 0.29) is 46.7 Å². The molecule has 1 atom stereocenters. The van der Waals surface area contributed by atoms with Crippen molar-refractivity contribution in [2.75, 3.05) is 35.7 Å². The minimum atomic E-state index is -4.97. The molecule has 0 bridgehead atoms. The number of anilines is 2. The summed E-state index contributed by atoms with van der Waals surface area (Å²) in [6.45, 7) is 6.22. The van der Waals surface area contributed by atoms with Gasteiger partial charge in [-0.15, -0.1) is 10.2 Å². The first-order valence-corrected chi connectivity index (χ1v) is 13.4. The SMILES string of the molecule is Cc1nnc(-c2ccc(N3CCN(c4ncc(C(=O)O)c(C(F)(F)F)n4)[C@H](C(C)C)C3)cc2S(C)(=O)=O)o1. The van der Waals surface area contributed by atoms with E-state index >= 15 is 0 Å². The highest BCUT2D eigenvalue weighted by molar-refractivity contribution is 7.90. The number of aryl methyl sites for hydroxylation is 1. The third-order valence-electron chi connectivity index (χ3n) is 6.21. The summed E-state index contributed by atoms with van der Waals surface area (Å²) in [6, 6.07) is 4.45. The minimum Gasteiger partial charge on any atom is -0.478 e. The molecular formula is C23H25F3N6O5S. The van der Waals surface area contributed by atoms with Crippen LogP contribution in [0, 0.1) is 12.8 Å². The van der Waals surface area contributed by atoms with Crippen molar-refractivity contribution < 1.29 is 35.9 Å². The fourth-order valence-corrected chi connectivity index (χ4v) is 5.23. The summed E-state index contributed by atoms with van der Waals surface area (Å²) in [5.74, 6) is -1.70. The molecule has 15 heteroatoms. The van der Waals surface area contributed by atoms with Gasteiger partial charge in [0, 0.05) is 44.7 Å². The summed E-state index contributed by atoms with van der Waals surface area (Å²) in [6.07, 6.45) is -3.22. The Morgan fingerprint density at radius 3 is 2.47 bits per heavy atom. The molecule has 0 unspecified atom stereocenters. The van der Waals surface area contributed by atoms with Crippen molar-refractivity contribution >= 4 is 27.4 Å². The van der Waals surface area contributed by atoms with E-state index in [1.54, 1.807) is 24.0 Å². The third-order valence-corrected chi connectivity index (χ3v) is 7.34. The first kappa shape index (κ1) is 27.3. The van der Waals surface area contributed by atoms with Gasteiger partial charge in [0.2, 0.25) is 17.7 Å². The summed E-state index contributed by atoms with van der Waals surface area (Å²) in [7, 11) is -3.69. The Balaban J connectivity index is 1.68. The van der Waals surface area contributed by atoms with Crippen molar-refractivity contribution in [3.8, 4) is 11.5 Å². The van der Waals surface area contributed by atoms with Gasteiger partial charge in [0.05, 0.1) is 16.5 Å². The standard InChI is InChI=1S/C23H25F3N6O5S/c1-12(2)17-11-31(7-8-32(17)22-27-10-16(21(33)34)19(28-22)23(24,25)26)14-5-6-15(18(9-14)38(4,35)36)20-30-29-13(3)37-20/h5-6,9-10,12,17H,7-8,11H2,1-4H3,(H,33,34)/t17-/m0/s1. The van der Waals surface area contributed by atoms with Crippen LogP contribution in [0.2, 0.25) is 0 Å². The number of alkyl halides is 3. The molecule has 0 saturated carbocycles. The molecule has 2 aromatic heterocycles. The van der Waals surface area contributed by atoms with Crippen molar-refractivity contribution in [1.29, 1.82) is 0 Å².